The standard InChI is InChI=1S/C26H25N3OS/c30-25(28-26-27-24(18-31-26)20-8-2-1-3-9-20)15-16-29(22-13-14-22)17-21-11-6-10-19-7-4-5-12-23(19)21/h1-12,18,22H,13-17H2,(H,27,28,30). The zero-order valence-corrected chi connectivity index (χ0v) is 18.1. The fraction of sp³-hybridized carbons (Fsp3) is 0.231. The fourth-order valence-electron chi connectivity index (χ4n) is 3.98. The van der Waals surface area contributed by atoms with E-state index in [1.807, 2.05) is 35.7 Å². The van der Waals surface area contributed by atoms with Crippen LogP contribution in [0.3, 0.4) is 0 Å². The van der Waals surface area contributed by atoms with Gasteiger partial charge in [0.1, 0.15) is 0 Å². The summed E-state index contributed by atoms with van der Waals surface area (Å²) in [5, 5.41) is 8.21. The first-order valence-electron chi connectivity index (χ1n) is 10.8. The second-order valence-corrected chi connectivity index (χ2v) is 8.90. The number of aromatic nitrogens is 1. The van der Waals surface area contributed by atoms with Crippen LogP contribution >= 0.6 is 11.3 Å². The van der Waals surface area contributed by atoms with Crippen molar-refractivity contribution in [2.45, 2.75) is 31.8 Å². The van der Waals surface area contributed by atoms with E-state index in [2.05, 4.69) is 57.7 Å². The van der Waals surface area contributed by atoms with E-state index in [4.69, 9.17) is 0 Å². The third-order valence-corrected chi connectivity index (χ3v) is 6.52. The SMILES string of the molecule is O=C(CCN(Cc1cccc2ccccc12)C1CC1)Nc1nc(-c2ccccc2)cs1. The first-order chi connectivity index (χ1) is 15.3. The molecule has 0 radical (unpaired) electrons. The predicted molar refractivity (Wildman–Crippen MR) is 128 cm³/mol. The predicted octanol–water partition coefficient (Wildman–Crippen LogP) is 5.96. The number of carbonyl (C=O) groups is 1. The van der Waals surface area contributed by atoms with E-state index in [1.165, 1.54) is 40.5 Å². The molecule has 1 amide bonds. The Morgan fingerprint density at radius 3 is 2.61 bits per heavy atom. The second-order valence-electron chi connectivity index (χ2n) is 8.04. The number of nitrogens with one attached hydrogen (secondary N) is 1. The van der Waals surface area contributed by atoms with Crippen molar-refractivity contribution in [3.63, 3.8) is 0 Å². The molecule has 1 aliphatic rings. The van der Waals surface area contributed by atoms with E-state index >= 15 is 0 Å². The first kappa shape index (κ1) is 19.9. The van der Waals surface area contributed by atoms with Gasteiger partial charge in [-0.15, -0.1) is 11.3 Å². The van der Waals surface area contributed by atoms with Crippen LogP contribution in [0.5, 0.6) is 0 Å². The van der Waals surface area contributed by atoms with Gasteiger partial charge in [0.25, 0.3) is 0 Å². The van der Waals surface area contributed by atoms with Gasteiger partial charge < -0.3 is 5.32 Å². The topological polar surface area (TPSA) is 45.2 Å². The van der Waals surface area contributed by atoms with Crippen LogP contribution < -0.4 is 5.32 Å². The number of carbonyl (C=O) groups excluding carboxylic acids is 1. The third kappa shape index (κ3) is 4.84. The molecule has 0 aliphatic heterocycles. The molecule has 4 nitrogen and oxygen atoms in total. The van der Waals surface area contributed by atoms with E-state index < -0.39 is 0 Å². The number of fused-ring (bicyclic) bond motifs is 1. The number of thiazole rings is 1. The molecule has 1 fully saturated rings. The summed E-state index contributed by atoms with van der Waals surface area (Å²) in [6.45, 7) is 1.64. The van der Waals surface area contributed by atoms with Crippen LogP contribution in [0.4, 0.5) is 5.13 Å². The third-order valence-electron chi connectivity index (χ3n) is 5.76. The van der Waals surface area contributed by atoms with Gasteiger partial charge >= 0.3 is 0 Å². The van der Waals surface area contributed by atoms with Crippen molar-refractivity contribution in [1.29, 1.82) is 0 Å². The molecule has 156 valence electrons. The molecule has 3 aromatic carbocycles. The van der Waals surface area contributed by atoms with Crippen LogP contribution in [0.2, 0.25) is 0 Å². The van der Waals surface area contributed by atoms with Crippen LogP contribution in [0.25, 0.3) is 22.0 Å². The summed E-state index contributed by atoms with van der Waals surface area (Å²) in [4.78, 5) is 19.6. The van der Waals surface area contributed by atoms with E-state index in [9.17, 15) is 4.79 Å². The van der Waals surface area contributed by atoms with Crippen LogP contribution in [0, 0.1) is 0 Å². The molecule has 5 heteroatoms. The lowest BCUT2D eigenvalue weighted by molar-refractivity contribution is -0.116. The summed E-state index contributed by atoms with van der Waals surface area (Å²) in [6.07, 6.45) is 2.92. The van der Waals surface area contributed by atoms with Crippen molar-refractivity contribution in [2.75, 3.05) is 11.9 Å². The Labute approximate surface area is 186 Å². The molecule has 1 saturated carbocycles. The Balaban J connectivity index is 1.21. The van der Waals surface area contributed by atoms with Gasteiger partial charge in [-0.05, 0) is 29.2 Å². The highest BCUT2D eigenvalue weighted by Gasteiger charge is 2.29. The Kier molecular flexibility index (Phi) is 5.78. The zero-order valence-electron chi connectivity index (χ0n) is 17.3. The Bertz CT molecular complexity index is 1180. The minimum atomic E-state index is 0.0255. The lowest BCUT2D eigenvalue weighted by Gasteiger charge is -2.22. The van der Waals surface area contributed by atoms with Gasteiger partial charge in [-0.3, -0.25) is 9.69 Å². The molecular weight excluding hydrogens is 402 g/mol. The molecule has 0 unspecified atom stereocenters. The molecule has 0 atom stereocenters. The zero-order chi connectivity index (χ0) is 21.0. The summed E-state index contributed by atoms with van der Waals surface area (Å²) in [5.41, 5.74) is 3.29. The highest BCUT2D eigenvalue weighted by atomic mass is 32.1. The van der Waals surface area contributed by atoms with Crippen molar-refractivity contribution in [1.82, 2.24) is 9.88 Å². The van der Waals surface area contributed by atoms with E-state index in [0.29, 0.717) is 17.6 Å². The molecule has 0 spiro atoms. The first-order valence-corrected chi connectivity index (χ1v) is 11.7. The highest BCUT2D eigenvalue weighted by Crippen LogP contribution is 2.30. The summed E-state index contributed by atoms with van der Waals surface area (Å²) in [6, 6.07) is 25.6. The maximum atomic E-state index is 12.6. The van der Waals surface area contributed by atoms with Gasteiger partial charge in [-0.2, -0.15) is 0 Å². The van der Waals surface area contributed by atoms with Gasteiger partial charge in [0, 0.05) is 36.5 Å². The van der Waals surface area contributed by atoms with Crippen molar-refractivity contribution in [2.24, 2.45) is 0 Å². The molecule has 0 saturated heterocycles. The van der Waals surface area contributed by atoms with Gasteiger partial charge in [0.2, 0.25) is 5.91 Å². The minimum absolute atomic E-state index is 0.0255. The molecule has 1 N–H and O–H groups in total. The number of hydrogen-bond acceptors (Lipinski definition) is 4. The molecule has 1 aliphatic carbocycles. The number of nitrogens with zero attached hydrogens (tertiary/aromatic N) is 2. The maximum absolute atomic E-state index is 12.6. The number of anilines is 1. The quantitative estimate of drug-likeness (QED) is 0.378. The second kappa shape index (κ2) is 9.00. The van der Waals surface area contributed by atoms with Crippen LogP contribution in [0.15, 0.2) is 78.2 Å². The summed E-state index contributed by atoms with van der Waals surface area (Å²) in [5.74, 6) is 0.0255. The van der Waals surface area contributed by atoms with Gasteiger partial charge in [-0.25, -0.2) is 4.98 Å². The van der Waals surface area contributed by atoms with Crippen molar-refractivity contribution < 1.29 is 4.79 Å². The van der Waals surface area contributed by atoms with E-state index in [-0.39, 0.29) is 5.91 Å². The largest absolute Gasteiger partial charge is 0.302 e. The van der Waals surface area contributed by atoms with Crippen LogP contribution in [-0.4, -0.2) is 28.4 Å². The Morgan fingerprint density at radius 1 is 1.00 bits per heavy atom. The Morgan fingerprint density at radius 2 is 1.77 bits per heavy atom. The molecule has 0 bridgehead atoms. The summed E-state index contributed by atoms with van der Waals surface area (Å²) < 4.78 is 0. The molecular formula is C26H25N3OS. The van der Waals surface area contributed by atoms with Gasteiger partial charge in [-0.1, -0.05) is 72.8 Å². The van der Waals surface area contributed by atoms with E-state index in [0.717, 1.165) is 24.3 Å². The van der Waals surface area contributed by atoms with Crippen molar-refractivity contribution in [3.8, 4) is 11.3 Å². The van der Waals surface area contributed by atoms with Gasteiger partial charge in [0.15, 0.2) is 5.13 Å². The lowest BCUT2D eigenvalue weighted by Crippen LogP contribution is -2.29. The van der Waals surface area contributed by atoms with Crippen LogP contribution in [0.1, 0.15) is 24.8 Å². The maximum Gasteiger partial charge on any atom is 0.227 e. The molecule has 5 rings (SSSR count). The van der Waals surface area contributed by atoms with Crippen LogP contribution in [-0.2, 0) is 11.3 Å². The minimum Gasteiger partial charge on any atom is -0.302 e. The summed E-state index contributed by atoms with van der Waals surface area (Å²) in [7, 11) is 0. The lowest BCUT2D eigenvalue weighted by atomic mass is 10.0. The van der Waals surface area contributed by atoms with E-state index in [1.54, 1.807) is 0 Å². The molecule has 31 heavy (non-hydrogen) atoms. The molecule has 4 aromatic rings. The fourth-order valence-corrected chi connectivity index (χ4v) is 4.72. The molecule has 1 aromatic heterocycles. The normalized spacial score (nSPS) is 13.6. The average Bonchev–Trinajstić information content (AvgIpc) is 3.55. The number of benzene rings is 3. The van der Waals surface area contributed by atoms with Crippen molar-refractivity contribution >= 4 is 33.1 Å². The van der Waals surface area contributed by atoms with Gasteiger partial charge in [0.05, 0.1) is 5.69 Å². The number of amides is 1. The highest BCUT2D eigenvalue weighted by molar-refractivity contribution is 7.14. The average molecular weight is 428 g/mol. The Hall–Kier alpha value is -3.02. The number of rotatable bonds is 8. The molecule has 1 heterocycles. The van der Waals surface area contributed by atoms with Crippen molar-refractivity contribution in [3.05, 3.63) is 83.7 Å². The summed E-state index contributed by atoms with van der Waals surface area (Å²) >= 11 is 1.47. The smallest absolute Gasteiger partial charge is 0.227 e. The number of hydrogen-bond donors (Lipinski definition) is 1. The monoisotopic (exact) mass is 427 g/mol.